The molecule has 0 fully saturated rings. The molecule has 0 saturated heterocycles. The highest BCUT2D eigenvalue weighted by atomic mass is 15.2. The minimum absolute atomic E-state index is 0.0311. The van der Waals surface area contributed by atoms with E-state index in [1.165, 1.54) is 65.9 Å². The molecule has 4 heterocycles. The normalized spacial score (nSPS) is 18.2. The third-order valence-corrected chi connectivity index (χ3v) is 14.5. The van der Waals surface area contributed by atoms with E-state index in [-0.39, 0.29) is 16.2 Å². The first-order valence-corrected chi connectivity index (χ1v) is 21.4. The lowest BCUT2D eigenvalue weighted by atomic mass is 9.54. The molecule has 10 aromatic rings. The molecule has 0 bridgehead atoms. The summed E-state index contributed by atoms with van der Waals surface area (Å²) in [5, 5.41) is 7.26. The predicted octanol–water partition coefficient (Wildman–Crippen LogP) is 13.8. The van der Waals surface area contributed by atoms with Gasteiger partial charge in [-0.05, 0) is 69.0 Å². The van der Waals surface area contributed by atoms with Crippen molar-refractivity contribution in [2.75, 3.05) is 0 Å². The lowest BCUT2D eigenvalue weighted by Gasteiger charge is -2.50. The van der Waals surface area contributed by atoms with Gasteiger partial charge in [0.1, 0.15) is 0 Å². The van der Waals surface area contributed by atoms with Crippen LogP contribution in [0.2, 0.25) is 0 Å². The van der Waals surface area contributed by atoms with E-state index in [2.05, 4.69) is 179 Å². The van der Waals surface area contributed by atoms with Crippen LogP contribution in [0.5, 0.6) is 0 Å². The van der Waals surface area contributed by atoms with Crippen molar-refractivity contribution in [3.63, 3.8) is 0 Å². The van der Waals surface area contributed by atoms with Gasteiger partial charge in [-0.25, -0.2) is 4.98 Å². The highest BCUT2D eigenvalue weighted by molar-refractivity contribution is 6.23. The van der Waals surface area contributed by atoms with E-state index in [1.807, 2.05) is 18.2 Å². The molecule has 3 aromatic heterocycles. The molecule has 2 unspecified atom stereocenters. The Bertz CT molecular complexity index is 3430. The van der Waals surface area contributed by atoms with E-state index in [4.69, 9.17) is 15.0 Å². The number of benzene rings is 7. The van der Waals surface area contributed by atoms with E-state index < -0.39 is 0 Å². The molecule has 5 nitrogen and oxygen atoms in total. The quantitative estimate of drug-likeness (QED) is 0.179. The molecule has 1 aliphatic heterocycles. The first-order chi connectivity index (χ1) is 28.9. The van der Waals surface area contributed by atoms with Gasteiger partial charge >= 0.3 is 0 Å². The van der Waals surface area contributed by atoms with Crippen molar-refractivity contribution in [2.24, 2.45) is 5.92 Å². The number of rotatable bonds is 3. The second-order valence-electron chi connectivity index (χ2n) is 19.3. The second kappa shape index (κ2) is 12.0. The molecule has 0 spiro atoms. The highest BCUT2D eigenvalue weighted by Crippen LogP contribution is 2.58. The number of aromatic nitrogens is 5. The Labute approximate surface area is 350 Å². The number of nitrogens with zero attached hydrogens (tertiary/aromatic N) is 5. The standard InChI is InChI=1S/C55H47N5/c1-32-31-55(7)43-21-13-19-38-40-29-41-39-28-25-33-15-11-12-18-37(33)48(39)60(46(41)30-45(40)59(49(38)43)44-22-14-20-42(47(44)55)54(32,5)6)52-57-50(34-16-9-8-10-17-34)56-51(58-52)35-23-26-36(27-24-35)53(2,3)4/h8-30,32H,31H2,1-7H3. The Morgan fingerprint density at radius 2 is 1.18 bits per heavy atom. The predicted molar refractivity (Wildman–Crippen MR) is 249 cm³/mol. The van der Waals surface area contributed by atoms with Crippen LogP contribution in [0.15, 0.2) is 140 Å². The third kappa shape index (κ3) is 4.72. The van der Waals surface area contributed by atoms with Gasteiger partial charge in [0.2, 0.25) is 5.95 Å². The lowest BCUT2D eigenvalue weighted by molar-refractivity contribution is 0.244. The van der Waals surface area contributed by atoms with Crippen LogP contribution in [0, 0.1) is 5.92 Å². The van der Waals surface area contributed by atoms with Crippen LogP contribution in [-0.2, 0) is 16.2 Å². The van der Waals surface area contributed by atoms with E-state index in [0.717, 1.165) is 34.0 Å². The van der Waals surface area contributed by atoms with E-state index in [1.54, 1.807) is 0 Å². The zero-order valence-corrected chi connectivity index (χ0v) is 35.3. The summed E-state index contributed by atoms with van der Waals surface area (Å²) in [6.07, 6.45) is 1.11. The minimum Gasteiger partial charge on any atom is -0.309 e. The van der Waals surface area contributed by atoms with Gasteiger partial charge in [-0.2, -0.15) is 9.97 Å². The van der Waals surface area contributed by atoms with Gasteiger partial charge in [-0.15, -0.1) is 0 Å². The van der Waals surface area contributed by atoms with Gasteiger partial charge in [0, 0.05) is 43.5 Å². The van der Waals surface area contributed by atoms with Crippen molar-refractivity contribution >= 4 is 54.4 Å². The summed E-state index contributed by atoms with van der Waals surface area (Å²) in [5.74, 6) is 2.43. The summed E-state index contributed by atoms with van der Waals surface area (Å²) >= 11 is 0. The number of hydrogen-bond acceptors (Lipinski definition) is 3. The summed E-state index contributed by atoms with van der Waals surface area (Å²) < 4.78 is 4.90. The SMILES string of the molecule is CC1CC2(C)c3c(cccc3C1(C)C)-n1c3cc4c(cc3c3cccc2c31)c1ccc2ccccc2c1n4-c1nc(-c2ccccc2)nc(-c2ccc(C(C)(C)C)cc2)n1. The number of fused-ring (bicyclic) bond motifs is 10. The van der Waals surface area contributed by atoms with Crippen molar-refractivity contribution in [3.05, 3.63) is 162 Å². The van der Waals surface area contributed by atoms with Crippen molar-refractivity contribution < 1.29 is 0 Å². The topological polar surface area (TPSA) is 48.5 Å². The van der Waals surface area contributed by atoms with Crippen LogP contribution >= 0.6 is 0 Å². The van der Waals surface area contributed by atoms with Gasteiger partial charge in [-0.1, -0.05) is 170 Å². The fourth-order valence-electron chi connectivity index (χ4n) is 11.0. The van der Waals surface area contributed by atoms with Crippen LogP contribution in [0.25, 0.3) is 88.8 Å². The van der Waals surface area contributed by atoms with Gasteiger partial charge in [0.05, 0.1) is 27.8 Å². The molecule has 292 valence electrons. The molecule has 60 heavy (non-hydrogen) atoms. The molecule has 5 heteroatoms. The van der Waals surface area contributed by atoms with E-state index in [9.17, 15) is 0 Å². The van der Waals surface area contributed by atoms with Gasteiger partial charge in [-0.3, -0.25) is 4.57 Å². The molecule has 0 saturated carbocycles. The van der Waals surface area contributed by atoms with Crippen LogP contribution < -0.4 is 0 Å². The summed E-state index contributed by atoms with van der Waals surface area (Å²) in [6.45, 7) is 16.6. The maximum Gasteiger partial charge on any atom is 0.238 e. The van der Waals surface area contributed by atoms with Crippen molar-refractivity contribution in [1.29, 1.82) is 0 Å². The van der Waals surface area contributed by atoms with Gasteiger partial charge in [0.25, 0.3) is 0 Å². The number of para-hydroxylation sites is 1. The molecule has 2 atom stereocenters. The average molecular weight is 778 g/mol. The molecule has 2 aliphatic rings. The van der Waals surface area contributed by atoms with Crippen molar-refractivity contribution in [2.45, 2.75) is 71.1 Å². The lowest BCUT2D eigenvalue weighted by Crippen LogP contribution is -2.44. The molecular formula is C55H47N5. The fraction of sp³-hybridized carbons (Fsp3) is 0.218. The summed E-state index contributed by atoms with van der Waals surface area (Å²) in [5.41, 5.74) is 13.5. The summed E-state index contributed by atoms with van der Waals surface area (Å²) in [7, 11) is 0. The maximum atomic E-state index is 5.40. The van der Waals surface area contributed by atoms with Crippen LogP contribution in [0.3, 0.4) is 0 Å². The Balaban J connectivity index is 1.22. The summed E-state index contributed by atoms with van der Waals surface area (Å²) in [6, 6.07) is 51.2. The van der Waals surface area contributed by atoms with E-state index >= 15 is 0 Å². The Morgan fingerprint density at radius 3 is 1.93 bits per heavy atom. The first-order valence-electron chi connectivity index (χ1n) is 21.4. The van der Waals surface area contributed by atoms with Gasteiger partial charge < -0.3 is 4.57 Å². The average Bonchev–Trinajstić information content (AvgIpc) is 3.76. The maximum absolute atomic E-state index is 5.40. The number of hydrogen-bond donors (Lipinski definition) is 0. The van der Waals surface area contributed by atoms with Gasteiger partial charge in [0.15, 0.2) is 11.6 Å². The third-order valence-electron chi connectivity index (χ3n) is 14.5. The monoisotopic (exact) mass is 777 g/mol. The Morgan fingerprint density at radius 1 is 0.550 bits per heavy atom. The second-order valence-corrected chi connectivity index (χ2v) is 19.3. The van der Waals surface area contributed by atoms with Crippen LogP contribution in [-0.4, -0.2) is 24.1 Å². The van der Waals surface area contributed by atoms with Crippen LogP contribution in [0.1, 0.15) is 77.1 Å². The van der Waals surface area contributed by atoms with Crippen molar-refractivity contribution in [1.82, 2.24) is 24.1 Å². The molecule has 12 rings (SSSR count). The first kappa shape index (κ1) is 35.4. The zero-order chi connectivity index (χ0) is 40.9. The summed E-state index contributed by atoms with van der Waals surface area (Å²) in [4.78, 5) is 15.9. The van der Waals surface area contributed by atoms with Crippen LogP contribution in [0.4, 0.5) is 0 Å². The Hall–Kier alpha value is -6.59. The smallest absolute Gasteiger partial charge is 0.238 e. The molecule has 0 amide bonds. The minimum atomic E-state index is -0.0920. The largest absolute Gasteiger partial charge is 0.309 e. The molecular weight excluding hydrogens is 731 g/mol. The Kier molecular flexibility index (Phi) is 7.08. The molecule has 0 N–H and O–H groups in total. The molecule has 0 radical (unpaired) electrons. The molecule has 1 aliphatic carbocycles. The van der Waals surface area contributed by atoms with Crippen molar-refractivity contribution in [3.8, 4) is 34.4 Å². The highest BCUT2D eigenvalue weighted by Gasteiger charge is 2.49. The zero-order valence-electron chi connectivity index (χ0n) is 35.3. The fourth-order valence-corrected chi connectivity index (χ4v) is 11.0. The van der Waals surface area contributed by atoms with E-state index in [0.29, 0.717) is 23.5 Å². The molecule has 7 aromatic carbocycles.